The number of aliphatic imine (C=N–C) groups is 1. The molecule has 1 amide bonds. The zero-order chi connectivity index (χ0) is 15.2. The number of amides is 1. The van der Waals surface area contributed by atoms with Gasteiger partial charge < -0.3 is 16.0 Å². The van der Waals surface area contributed by atoms with Crippen LogP contribution in [0.2, 0.25) is 0 Å². The van der Waals surface area contributed by atoms with Crippen molar-refractivity contribution < 1.29 is 4.79 Å². The topological polar surface area (TPSA) is 65.5 Å². The Morgan fingerprint density at radius 1 is 1.29 bits per heavy atom. The molecule has 2 rings (SSSR count). The van der Waals surface area contributed by atoms with Gasteiger partial charge >= 0.3 is 0 Å². The van der Waals surface area contributed by atoms with Crippen molar-refractivity contribution in [2.75, 3.05) is 12.4 Å². The van der Waals surface area contributed by atoms with Crippen molar-refractivity contribution in [3.05, 3.63) is 29.8 Å². The minimum atomic E-state index is -0.0110. The van der Waals surface area contributed by atoms with Crippen molar-refractivity contribution in [1.29, 1.82) is 0 Å². The van der Waals surface area contributed by atoms with Crippen molar-refractivity contribution in [1.82, 2.24) is 10.6 Å². The molecule has 0 atom stereocenters. The highest BCUT2D eigenvalue weighted by atomic mass is 16.1. The highest BCUT2D eigenvalue weighted by Gasteiger charge is 2.21. The third-order valence-corrected chi connectivity index (χ3v) is 3.35. The van der Waals surface area contributed by atoms with Crippen molar-refractivity contribution in [2.45, 2.75) is 39.3 Å². The number of benzene rings is 1. The minimum Gasteiger partial charge on any atom is -0.354 e. The molecule has 3 N–H and O–H groups in total. The van der Waals surface area contributed by atoms with Gasteiger partial charge in [-0.05, 0) is 30.5 Å². The Balaban J connectivity index is 1.82. The van der Waals surface area contributed by atoms with E-state index < -0.39 is 0 Å². The summed E-state index contributed by atoms with van der Waals surface area (Å²) in [4.78, 5) is 15.8. The van der Waals surface area contributed by atoms with E-state index >= 15 is 0 Å². The van der Waals surface area contributed by atoms with Crippen molar-refractivity contribution in [3.63, 3.8) is 0 Å². The first kappa shape index (κ1) is 15.4. The number of nitrogens with zero attached hydrogens (tertiary/aromatic N) is 1. The van der Waals surface area contributed by atoms with Gasteiger partial charge in [0.15, 0.2) is 5.96 Å². The fourth-order valence-corrected chi connectivity index (χ4v) is 1.79. The Morgan fingerprint density at radius 3 is 2.48 bits per heavy atom. The SMILES string of the molecule is CN=C(NCc1ccc(NC(=O)C(C)C)cc1)NC1CC1. The maximum absolute atomic E-state index is 11.6. The number of hydrogen-bond acceptors (Lipinski definition) is 2. The Labute approximate surface area is 126 Å². The molecule has 1 aromatic carbocycles. The molecule has 5 nitrogen and oxygen atoms in total. The molecule has 0 bridgehead atoms. The average Bonchev–Trinajstić information content (AvgIpc) is 3.28. The number of guanidine groups is 1. The number of hydrogen-bond donors (Lipinski definition) is 3. The Bertz CT molecular complexity index is 504. The lowest BCUT2D eigenvalue weighted by Gasteiger charge is -2.12. The van der Waals surface area contributed by atoms with Gasteiger partial charge in [0.2, 0.25) is 5.91 Å². The fraction of sp³-hybridized carbons (Fsp3) is 0.500. The molecule has 5 heteroatoms. The van der Waals surface area contributed by atoms with Crippen LogP contribution >= 0.6 is 0 Å². The molecule has 0 aliphatic heterocycles. The van der Waals surface area contributed by atoms with Gasteiger partial charge in [0, 0.05) is 31.2 Å². The lowest BCUT2D eigenvalue weighted by Crippen LogP contribution is -2.38. The molecule has 21 heavy (non-hydrogen) atoms. The number of nitrogens with one attached hydrogen (secondary N) is 3. The fourth-order valence-electron chi connectivity index (χ4n) is 1.79. The normalized spacial score (nSPS) is 15.0. The molecule has 0 heterocycles. The van der Waals surface area contributed by atoms with Gasteiger partial charge in [0.25, 0.3) is 0 Å². The Kier molecular flexibility index (Phi) is 5.20. The molecule has 1 fully saturated rings. The average molecular weight is 288 g/mol. The van der Waals surface area contributed by atoms with Crippen molar-refractivity contribution in [2.24, 2.45) is 10.9 Å². The zero-order valence-electron chi connectivity index (χ0n) is 12.9. The predicted octanol–water partition coefficient (Wildman–Crippen LogP) is 2.11. The van der Waals surface area contributed by atoms with E-state index in [1.54, 1.807) is 7.05 Å². The third kappa shape index (κ3) is 5.10. The van der Waals surface area contributed by atoms with Crippen molar-refractivity contribution in [3.8, 4) is 0 Å². The van der Waals surface area contributed by atoms with Crippen LogP contribution in [0.1, 0.15) is 32.3 Å². The van der Waals surface area contributed by atoms with E-state index in [0.717, 1.165) is 17.2 Å². The molecule has 0 spiro atoms. The van der Waals surface area contributed by atoms with Crippen LogP contribution in [0.5, 0.6) is 0 Å². The summed E-state index contributed by atoms with van der Waals surface area (Å²) in [5.74, 6) is 0.868. The van der Waals surface area contributed by atoms with Gasteiger partial charge in [-0.1, -0.05) is 26.0 Å². The predicted molar refractivity (Wildman–Crippen MR) is 86.3 cm³/mol. The largest absolute Gasteiger partial charge is 0.354 e. The highest BCUT2D eigenvalue weighted by Crippen LogP contribution is 2.18. The first-order valence-corrected chi connectivity index (χ1v) is 7.45. The molecule has 0 saturated heterocycles. The second-order valence-electron chi connectivity index (χ2n) is 5.69. The second kappa shape index (κ2) is 7.11. The lowest BCUT2D eigenvalue weighted by atomic mass is 10.1. The first-order valence-electron chi connectivity index (χ1n) is 7.45. The van der Waals surface area contributed by atoms with E-state index in [9.17, 15) is 4.79 Å². The number of rotatable bonds is 5. The smallest absolute Gasteiger partial charge is 0.226 e. The monoisotopic (exact) mass is 288 g/mol. The van der Waals surface area contributed by atoms with E-state index in [1.165, 1.54) is 12.8 Å². The summed E-state index contributed by atoms with van der Waals surface area (Å²) in [6.07, 6.45) is 2.45. The van der Waals surface area contributed by atoms with Gasteiger partial charge in [-0.2, -0.15) is 0 Å². The van der Waals surface area contributed by atoms with Gasteiger partial charge in [-0.15, -0.1) is 0 Å². The second-order valence-corrected chi connectivity index (χ2v) is 5.69. The molecule has 1 aliphatic carbocycles. The summed E-state index contributed by atoms with van der Waals surface area (Å²) in [7, 11) is 1.78. The number of carbonyl (C=O) groups excluding carboxylic acids is 1. The van der Waals surface area contributed by atoms with Crippen LogP contribution in [0, 0.1) is 5.92 Å². The van der Waals surface area contributed by atoms with Gasteiger partial charge in [-0.25, -0.2) is 0 Å². The van der Waals surface area contributed by atoms with Crippen LogP contribution in [0.3, 0.4) is 0 Å². The summed E-state index contributed by atoms with van der Waals surface area (Å²) in [5, 5.41) is 9.51. The van der Waals surface area contributed by atoms with Gasteiger partial charge in [0.1, 0.15) is 0 Å². The molecule has 1 saturated carbocycles. The third-order valence-electron chi connectivity index (χ3n) is 3.35. The van der Waals surface area contributed by atoms with E-state index in [4.69, 9.17) is 0 Å². The number of carbonyl (C=O) groups is 1. The maximum atomic E-state index is 11.6. The standard InChI is InChI=1S/C16H24N4O/c1-11(2)15(21)19-13-6-4-12(5-7-13)10-18-16(17-3)20-14-8-9-14/h4-7,11,14H,8-10H2,1-3H3,(H,19,21)(H2,17,18,20). The molecular formula is C16H24N4O. The Hall–Kier alpha value is -2.04. The lowest BCUT2D eigenvalue weighted by molar-refractivity contribution is -0.118. The number of anilines is 1. The Morgan fingerprint density at radius 2 is 1.95 bits per heavy atom. The van der Waals surface area contributed by atoms with E-state index in [-0.39, 0.29) is 11.8 Å². The minimum absolute atomic E-state index is 0.0110. The molecule has 1 aromatic rings. The van der Waals surface area contributed by atoms with Gasteiger partial charge in [0.05, 0.1) is 0 Å². The van der Waals surface area contributed by atoms with E-state index in [0.29, 0.717) is 12.6 Å². The van der Waals surface area contributed by atoms with Crippen LogP contribution < -0.4 is 16.0 Å². The molecule has 0 unspecified atom stereocenters. The molecule has 114 valence electrons. The van der Waals surface area contributed by atoms with Crippen LogP contribution in [0.15, 0.2) is 29.3 Å². The maximum Gasteiger partial charge on any atom is 0.226 e. The molecule has 0 radical (unpaired) electrons. The molecular weight excluding hydrogens is 264 g/mol. The molecule has 1 aliphatic rings. The molecule has 0 aromatic heterocycles. The van der Waals surface area contributed by atoms with E-state index in [2.05, 4.69) is 20.9 Å². The summed E-state index contributed by atoms with van der Waals surface area (Å²) < 4.78 is 0. The summed E-state index contributed by atoms with van der Waals surface area (Å²) >= 11 is 0. The van der Waals surface area contributed by atoms with Crippen molar-refractivity contribution >= 4 is 17.6 Å². The highest BCUT2D eigenvalue weighted by molar-refractivity contribution is 5.92. The van der Waals surface area contributed by atoms with E-state index in [1.807, 2.05) is 38.1 Å². The van der Waals surface area contributed by atoms with Crippen LogP contribution in [0.4, 0.5) is 5.69 Å². The summed E-state index contributed by atoms with van der Waals surface area (Å²) in [5.41, 5.74) is 1.98. The first-order chi connectivity index (χ1) is 10.1. The zero-order valence-corrected chi connectivity index (χ0v) is 12.9. The van der Waals surface area contributed by atoms with Gasteiger partial charge in [-0.3, -0.25) is 9.79 Å². The van der Waals surface area contributed by atoms with Crippen LogP contribution in [0.25, 0.3) is 0 Å². The quantitative estimate of drug-likeness (QED) is 0.574. The van der Waals surface area contributed by atoms with Crippen LogP contribution in [-0.2, 0) is 11.3 Å². The summed E-state index contributed by atoms with van der Waals surface area (Å²) in [6, 6.07) is 8.45. The van der Waals surface area contributed by atoms with Crippen LogP contribution in [-0.4, -0.2) is 25.0 Å². The summed E-state index contributed by atoms with van der Waals surface area (Å²) in [6.45, 7) is 4.48.